The van der Waals surface area contributed by atoms with Gasteiger partial charge in [-0.15, -0.1) is 0 Å². The number of ketones is 2. The lowest BCUT2D eigenvalue weighted by molar-refractivity contribution is -0.144. The van der Waals surface area contributed by atoms with E-state index in [9.17, 15) is 28.8 Å². The van der Waals surface area contributed by atoms with Gasteiger partial charge in [0.05, 0.1) is 12.1 Å². The van der Waals surface area contributed by atoms with Gasteiger partial charge in [0.25, 0.3) is 5.91 Å². The number of hydrogen-bond acceptors (Lipinski definition) is 6. The Morgan fingerprint density at radius 3 is 1.95 bits per heavy atom. The number of nitrogens with one attached hydrogen (secondary N) is 3. The Morgan fingerprint density at radius 1 is 0.923 bits per heavy atom. The lowest BCUT2D eigenvalue weighted by Gasteiger charge is -2.37. The van der Waals surface area contributed by atoms with Crippen LogP contribution in [0.5, 0.6) is 0 Å². The van der Waals surface area contributed by atoms with Gasteiger partial charge in [0.1, 0.15) is 12.1 Å². The third kappa shape index (κ3) is 8.50. The molecule has 0 aromatic rings. The third-order valence-electron chi connectivity index (χ3n) is 7.77. The fourth-order valence-electron chi connectivity index (χ4n) is 5.31. The highest BCUT2D eigenvalue weighted by Crippen LogP contribution is 2.35. The smallest absolute Gasteiger partial charge is 0.316 e. The molecule has 220 valence electrons. The second-order valence-electron chi connectivity index (χ2n) is 12.9. The van der Waals surface area contributed by atoms with Gasteiger partial charge in [0.15, 0.2) is 5.78 Å². The van der Waals surface area contributed by atoms with E-state index in [2.05, 4.69) is 16.0 Å². The predicted molar refractivity (Wildman–Crippen MR) is 146 cm³/mol. The van der Waals surface area contributed by atoms with Crippen LogP contribution in [0.3, 0.4) is 0 Å². The quantitative estimate of drug-likeness (QED) is 0.269. The molecule has 0 aromatic carbocycles. The van der Waals surface area contributed by atoms with E-state index in [0.717, 1.165) is 12.8 Å². The van der Waals surface area contributed by atoms with Crippen molar-refractivity contribution in [1.29, 1.82) is 0 Å². The Hall–Kier alpha value is -2.98. The molecule has 11 nitrogen and oxygen atoms in total. The van der Waals surface area contributed by atoms with Crippen LogP contribution in [0.25, 0.3) is 0 Å². The maximum atomic E-state index is 14.0. The fourth-order valence-corrected chi connectivity index (χ4v) is 5.31. The summed E-state index contributed by atoms with van der Waals surface area (Å²) < 4.78 is 0. The Balaban J connectivity index is 2.31. The predicted octanol–water partition coefficient (Wildman–Crippen LogP) is 1.53. The lowest BCUT2D eigenvalue weighted by Crippen LogP contribution is -2.61. The van der Waals surface area contributed by atoms with Gasteiger partial charge >= 0.3 is 6.03 Å². The Labute approximate surface area is 231 Å². The van der Waals surface area contributed by atoms with Gasteiger partial charge in [-0.25, -0.2) is 4.79 Å². The van der Waals surface area contributed by atoms with Crippen molar-refractivity contribution in [1.82, 2.24) is 20.9 Å². The van der Waals surface area contributed by atoms with Gasteiger partial charge < -0.3 is 26.6 Å². The largest absolute Gasteiger partial charge is 0.363 e. The summed E-state index contributed by atoms with van der Waals surface area (Å²) >= 11 is 0. The Kier molecular flexibility index (Phi) is 10.7. The number of amides is 5. The summed E-state index contributed by atoms with van der Waals surface area (Å²) in [6.07, 6.45) is 2.74. The molecule has 5 atom stereocenters. The molecular formula is C28H47N5O6. The van der Waals surface area contributed by atoms with Crippen molar-refractivity contribution in [3.8, 4) is 0 Å². The zero-order valence-electron chi connectivity index (χ0n) is 24.6. The number of nitrogens with two attached hydrogens (primary N) is 1. The number of rotatable bonds is 12. The second-order valence-corrected chi connectivity index (χ2v) is 12.9. The molecule has 1 saturated heterocycles. The van der Waals surface area contributed by atoms with Gasteiger partial charge in [0, 0.05) is 6.54 Å². The molecule has 1 aliphatic carbocycles. The van der Waals surface area contributed by atoms with Gasteiger partial charge in [-0.05, 0) is 48.9 Å². The average Bonchev–Trinajstić information content (AvgIpc) is 3.51. The van der Waals surface area contributed by atoms with Crippen LogP contribution in [0.4, 0.5) is 4.79 Å². The van der Waals surface area contributed by atoms with Crippen LogP contribution in [0, 0.1) is 29.1 Å². The van der Waals surface area contributed by atoms with Gasteiger partial charge in [-0.2, -0.15) is 0 Å². The van der Waals surface area contributed by atoms with E-state index in [0.29, 0.717) is 19.4 Å². The van der Waals surface area contributed by atoms with E-state index in [1.54, 1.807) is 0 Å². The Morgan fingerprint density at radius 2 is 1.51 bits per heavy atom. The number of Topliss-reactive ketones (excluding diaryl/α,β-unsaturated/α-hetero) is 2. The molecule has 39 heavy (non-hydrogen) atoms. The third-order valence-corrected chi connectivity index (χ3v) is 7.77. The van der Waals surface area contributed by atoms with Crippen molar-refractivity contribution in [3.63, 3.8) is 0 Å². The van der Waals surface area contributed by atoms with Crippen molar-refractivity contribution in [2.24, 2.45) is 34.8 Å². The first-order valence-electron chi connectivity index (χ1n) is 14.0. The molecule has 1 saturated carbocycles. The molecule has 1 heterocycles. The molecule has 0 radical (unpaired) electrons. The van der Waals surface area contributed by atoms with Crippen molar-refractivity contribution in [3.05, 3.63) is 0 Å². The molecule has 5 N–H and O–H groups in total. The summed E-state index contributed by atoms with van der Waals surface area (Å²) in [5.74, 6) is -3.09. The monoisotopic (exact) mass is 549 g/mol. The van der Waals surface area contributed by atoms with E-state index in [4.69, 9.17) is 5.73 Å². The highest BCUT2D eigenvalue weighted by Gasteiger charge is 2.48. The molecule has 0 bridgehead atoms. The number of carbonyl (C=O) groups is 6. The number of urea groups is 1. The molecular weight excluding hydrogens is 502 g/mol. The minimum Gasteiger partial charge on any atom is -0.363 e. The standard InChI is InChI=1S/C28H47N5O6/c1-14(2)18-11-12-33(21(18)25(37)30-19(13-17-9-10-17)22(35)24(29)36)26(38)23(28(6,7)8)32-27(39)31-20(15(3)4)16(5)34/h14-15,17-21,23H,9-13H2,1-8H3,(H2,29,36)(H,30,37)(H2,31,32,39)/t18-,19?,20+,21+,23-/m1/s1. The molecule has 5 amide bonds. The van der Waals surface area contributed by atoms with Crippen LogP contribution in [-0.2, 0) is 24.0 Å². The topological polar surface area (TPSA) is 168 Å². The zero-order valence-corrected chi connectivity index (χ0v) is 24.6. The van der Waals surface area contributed by atoms with Crippen molar-refractivity contribution in [2.45, 2.75) is 105 Å². The van der Waals surface area contributed by atoms with Crippen molar-refractivity contribution >= 4 is 35.3 Å². The summed E-state index contributed by atoms with van der Waals surface area (Å²) in [5.41, 5.74) is 4.53. The molecule has 2 fully saturated rings. The number of likely N-dealkylation sites (tertiary alicyclic amines) is 1. The van der Waals surface area contributed by atoms with Crippen LogP contribution in [0.15, 0.2) is 0 Å². The molecule has 1 unspecified atom stereocenters. The summed E-state index contributed by atoms with van der Waals surface area (Å²) in [7, 11) is 0. The van der Waals surface area contributed by atoms with Crippen LogP contribution >= 0.6 is 0 Å². The lowest BCUT2D eigenvalue weighted by atomic mass is 9.84. The van der Waals surface area contributed by atoms with E-state index < -0.39 is 59.1 Å². The molecule has 0 spiro atoms. The van der Waals surface area contributed by atoms with E-state index in [1.165, 1.54) is 11.8 Å². The molecule has 2 aliphatic rings. The zero-order chi connectivity index (χ0) is 29.8. The SMILES string of the molecule is CC(=O)[C@@H](NC(=O)N[C@H](C(=O)N1CC[C@H](C(C)C)[C@H]1C(=O)NC(CC1CC1)C(=O)C(N)=O)C(C)(C)C)C(C)C. The number of primary amides is 1. The summed E-state index contributed by atoms with van der Waals surface area (Å²) in [6.45, 7) is 14.7. The summed E-state index contributed by atoms with van der Waals surface area (Å²) in [4.78, 5) is 78.1. The molecule has 2 rings (SSSR count). The maximum absolute atomic E-state index is 14.0. The van der Waals surface area contributed by atoms with Crippen LogP contribution in [0.2, 0.25) is 0 Å². The van der Waals surface area contributed by atoms with Crippen LogP contribution in [-0.4, -0.2) is 70.9 Å². The van der Waals surface area contributed by atoms with E-state index in [-0.39, 0.29) is 29.5 Å². The highest BCUT2D eigenvalue weighted by molar-refractivity contribution is 6.37. The van der Waals surface area contributed by atoms with Crippen molar-refractivity contribution < 1.29 is 28.8 Å². The van der Waals surface area contributed by atoms with E-state index >= 15 is 0 Å². The fraction of sp³-hybridized carbons (Fsp3) is 0.786. The highest BCUT2D eigenvalue weighted by atomic mass is 16.2. The van der Waals surface area contributed by atoms with Crippen LogP contribution < -0.4 is 21.7 Å². The van der Waals surface area contributed by atoms with Gasteiger partial charge in [-0.3, -0.25) is 24.0 Å². The summed E-state index contributed by atoms with van der Waals surface area (Å²) in [6, 6.07) is -4.25. The summed E-state index contributed by atoms with van der Waals surface area (Å²) in [5, 5.41) is 8.14. The minimum absolute atomic E-state index is 0.0546. The number of nitrogens with zero attached hydrogens (tertiary/aromatic N) is 1. The number of hydrogen-bond donors (Lipinski definition) is 4. The number of carbonyl (C=O) groups excluding carboxylic acids is 6. The Bertz CT molecular complexity index is 968. The first-order valence-corrected chi connectivity index (χ1v) is 14.0. The second kappa shape index (κ2) is 12.9. The molecule has 0 aromatic heterocycles. The van der Waals surface area contributed by atoms with E-state index in [1.807, 2.05) is 48.5 Å². The van der Waals surface area contributed by atoms with Gasteiger partial charge in [0.2, 0.25) is 17.6 Å². The van der Waals surface area contributed by atoms with Gasteiger partial charge in [-0.1, -0.05) is 61.3 Å². The van der Waals surface area contributed by atoms with Crippen molar-refractivity contribution in [2.75, 3.05) is 6.54 Å². The molecule has 1 aliphatic heterocycles. The maximum Gasteiger partial charge on any atom is 0.316 e. The minimum atomic E-state index is -1.10. The van der Waals surface area contributed by atoms with Crippen LogP contribution in [0.1, 0.15) is 81.1 Å². The molecule has 11 heteroatoms. The normalized spacial score (nSPS) is 21.7. The first kappa shape index (κ1) is 32.2. The average molecular weight is 550 g/mol. The first-order chi connectivity index (χ1) is 17.9.